The molecule has 0 aromatic heterocycles. The topological polar surface area (TPSA) is 32.3 Å². The second kappa shape index (κ2) is 3.58. The molecule has 0 radical (unpaired) electrons. The van der Waals surface area contributed by atoms with Gasteiger partial charge in [0, 0.05) is 23.7 Å². The lowest BCUT2D eigenvalue weighted by molar-refractivity contribution is 0.463. The van der Waals surface area contributed by atoms with Gasteiger partial charge < -0.3 is 10.4 Å². The molecule has 1 aliphatic rings. The summed E-state index contributed by atoms with van der Waals surface area (Å²) in [5.41, 5.74) is 0.620. The van der Waals surface area contributed by atoms with E-state index in [4.69, 9.17) is 5.11 Å². The van der Waals surface area contributed by atoms with E-state index in [2.05, 4.69) is 5.32 Å². The summed E-state index contributed by atoms with van der Waals surface area (Å²) >= 11 is 0. The molecule has 1 aliphatic carbocycles. The summed E-state index contributed by atoms with van der Waals surface area (Å²) < 4.78 is 13.4. The van der Waals surface area contributed by atoms with E-state index in [0.717, 1.165) is 6.07 Å². The van der Waals surface area contributed by atoms with Gasteiger partial charge in [0.2, 0.25) is 0 Å². The van der Waals surface area contributed by atoms with Crippen LogP contribution in [-0.2, 0) is 0 Å². The van der Waals surface area contributed by atoms with Crippen molar-refractivity contribution in [2.24, 2.45) is 0 Å². The average Bonchev–Trinajstić information content (AvgIpc) is 2.87. The number of rotatable bonds is 3. The molecule has 0 heterocycles. The van der Waals surface area contributed by atoms with Crippen LogP contribution >= 0.6 is 0 Å². The van der Waals surface area contributed by atoms with Gasteiger partial charge >= 0.3 is 0 Å². The Balaban J connectivity index is 2.13. The van der Waals surface area contributed by atoms with Crippen molar-refractivity contribution in [3.8, 4) is 5.75 Å². The molecule has 0 saturated heterocycles. The maximum absolute atomic E-state index is 13.4. The molecule has 0 aliphatic heterocycles. The Morgan fingerprint density at radius 1 is 1.50 bits per heavy atom. The predicted molar refractivity (Wildman–Crippen MR) is 52.6 cm³/mol. The van der Waals surface area contributed by atoms with Gasteiger partial charge in [-0.3, -0.25) is 0 Å². The maximum Gasteiger partial charge on any atom is 0.131 e. The highest BCUT2D eigenvalue weighted by atomic mass is 19.1. The van der Waals surface area contributed by atoms with Crippen LogP contribution < -0.4 is 5.32 Å². The van der Waals surface area contributed by atoms with Gasteiger partial charge in [-0.1, -0.05) is 6.07 Å². The molecule has 2 rings (SSSR count). The van der Waals surface area contributed by atoms with Crippen molar-refractivity contribution in [1.29, 1.82) is 0 Å². The van der Waals surface area contributed by atoms with Crippen LogP contribution in [0.4, 0.5) is 4.39 Å². The summed E-state index contributed by atoms with van der Waals surface area (Å²) in [4.78, 5) is 0. The number of halogens is 1. The summed E-state index contributed by atoms with van der Waals surface area (Å²) in [6, 6.07) is 4.87. The molecule has 1 aromatic rings. The zero-order valence-corrected chi connectivity index (χ0v) is 8.13. The van der Waals surface area contributed by atoms with Crippen LogP contribution in [0, 0.1) is 5.82 Å². The molecular formula is C11H14FNO. The van der Waals surface area contributed by atoms with Crippen molar-refractivity contribution in [2.75, 3.05) is 0 Å². The Kier molecular flexibility index (Phi) is 2.42. The molecule has 76 valence electrons. The van der Waals surface area contributed by atoms with Crippen LogP contribution in [0.1, 0.15) is 31.4 Å². The van der Waals surface area contributed by atoms with E-state index < -0.39 is 0 Å². The molecule has 2 N–H and O–H groups in total. The maximum atomic E-state index is 13.4. The number of nitrogens with one attached hydrogen (secondary N) is 1. The van der Waals surface area contributed by atoms with Gasteiger partial charge in [-0.2, -0.15) is 0 Å². The van der Waals surface area contributed by atoms with Crippen LogP contribution in [0.15, 0.2) is 18.2 Å². The third-order valence-corrected chi connectivity index (χ3v) is 2.51. The molecule has 0 amide bonds. The molecule has 1 fully saturated rings. The monoisotopic (exact) mass is 195 g/mol. The van der Waals surface area contributed by atoms with E-state index in [1.807, 2.05) is 6.92 Å². The minimum Gasteiger partial charge on any atom is -0.508 e. The van der Waals surface area contributed by atoms with Gasteiger partial charge in [-0.05, 0) is 25.8 Å². The molecule has 1 unspecified atom stereocenters. The van der Waals surface area contributed by atoms with Gasteiger partial charge in [-0.25, -0.2) is 4.39 Å². The van der Waals surface area contributed by atoms with Gasteiger partial charge in [0.25, 0.3) is 0 Å². The molecule has 0 bridgehead atoms. The zero-order valence-electron chi connectivity index (χ0n) is 8.13. The quantitative estimate of drug-likeness (QED) is 0.776. The normalized spacial score (nSPS) is 18.1. The van der Waals surface area contributed by atoms with E-state index in [-0.39, 0.29) is 17.6 Å². The molecule has 0 spiro atoms. The molecule has 1 atom stereocenters. The Morgan fingerprint density at radius 2 is 2.21 bits per heavy atom. The fourth-order valence-electron chi connectivity index (χ4n) is 1.56. The largest absolute Gasteiger partial charge is 0.508 e. The van der Waals surface area contributed by atoms with Crippen molar-refractivity contribution in [3.63, 3.8) is 0 Å². The van der Waals surface area contributed by atoms with Gasteiger partial charge in [-0.15, -0.1) is 0 Å². The molecule has 2 nitrogen and oxygen atoms in total. The van der Waals surface area contributed by atoms with E-state index >= 15 is 0 Å². The number of hydrogen-bond acceptors (Lipinski definition) is 2. The summed E-state index contributed by atoms with van der Waals surface area (Å²) in [6.45, 7) is 1.94. The highest BCUT2D eigenvalue weighted by Gasteiger charge is 2.24. The van der Waals surface area contributed by atoms with Crippen molar-refractivity contribution < 1.29 is 9.50 Å². The third-order valence-electron chi connectivity index (χ3n) is 2.51. The third kappa shape index (κ3) is 2.04. The number of phenols is 1. The first-order valence-electron chi connectivity index (χ1n) is 4.91. The van der Waals surface area contributed by atoms with E-state index in [9.17, 15) is 4.39 Å². The van der Waals surface area contributed by atoms with Crippen LogP contribution in [0.25, 0.3) is 0 Å². The van der Waals surface area contributed by atoms with Gasteiger partial charge in [0.05, 0.1) is 0 Å². The van der Waals surface area contributed by atoms with Crippen LogP contribution in [-0.4, -0.2) is 11.1 Å². The summed E-state index contributed by atoms with van der Waals surface area (Å²) in [5.74, 6) is -0.365. The zero-order chi connectivity index (χ0) is 10.1. The first-order valence-corrected chi connectivity index (χ1v) is 4.91. The Labute approximate surface area is 82.8 Å². The van der Waals surface area contributed by atoms with Crippen LogP contribution in [0.5, 0.6) is 5.75 Å². The second-order valence-corrected chi connectivity index (χ2v) is 3.87. The molecule has 1 saturated carbocycles. The summed E-state index contributed by atoms with van der Waals surface area (Å²) in [6.07, 6.45) is 2.37. The Bertz CT molecular complexity index is 336. The van der Waals surface area contributed by atoms with Gasteiger partial charge in [0.1, 0.15) is 11.6 Å². The minimum absolute atomic E-state index is 0.0168. The lowest BCUT2D eigenvalue weighted by atomic mass is 10.1. The lowest BCUT2D eigenvalue weighted by Gasteiger charge is -2.14. The van der Waals surface area contributed by atoms with E-state index in [1.54, 1.807) is 6.07 Å². The van der Waals surface area contributed by atoms with Crippen molar-refractivity contribution in [1.82, 2.24) is 5.32 Å². The first-order chi connectivity index (χ1) is 6.66. The molecule has 1 aromatic carbocycles. The van der Waals surface area contributed by atoms with Crippen molar-refractivity contribution in [2.45, 2.75) is 31.8 Å². The van der Waals surface area contributed by atoms with Crippen LogP contribution in [0.3, 0.4) is 0 Å². The lowest BCUT2D eigenvalue weighted by Crippen LogP contribution is -2.21. The fourth-order valence-corrected chi connectivity index (χ4v) is 1.56. The van der Waals surface area contributed by atoms with Gasteiger partial charge in [0.15, 0.2) is 0 Å². The standard InChI is InChI=1S/C11H14FNO/c1-7(13-8-2-3-8)10-5-4-9(14)6-11(10)12/h4-8,13-14H,2-3H2,1H3. The van der Waals surface area contributed by atoms with Crippen molar-refractivity contribution >= 4 is 0 Å². The Morgan fingerprint density at radius 3 is 2.79 bits per heavy atom. The SMILES string of the molecule is CC(NC1CC1)c1ccc(O)cc1F. The number of benzene rings is 1. The number of hydrogen-bond donors (Lipinski definition) is 2. The van der Waals surface area contributed by atoms with E-state index in [1.165, 1.54) is 18.9 Å². The predicted octanol–water partition coefficient (Wildman–Crippen LogP) is 2.34. The smallest absolute Gasteiger partial charge is 0.131 e. The second-order valence-electron chi connectivity index (χ2n) is 3.87. The molecule has 3 heteroatoms. The number of aromatic hydroxyl groups is 1. The minimum atomic E-state index is -0.342. The number of phenolic OH excluding ortho intramolecular Hbond substituents is 1. The highest BCUT2D eigenvalue weighted by Crippen LogP contribution is 2.26. The summed E-state index contributed by atoms with van der Waals surface area (Å²) in [7, 11) is 0. The van der Waals surface area contributed by atoms with Crippen molar-refractivity contribution in [3.05, 3.63) is 29.6 Å². The summed E-state index contributed by atoms with van der Waals surface area (Å²) in [5, 5.41) is 12.4. The fraction of sp³-hybridized carbons (Fsp3) is 0.455. The average molecular weight is 195 g/mol. The molecular weight excluding hydrogens is 181 g/mol. The first kappa shape index (κ1) is 9.46. The van der Waals surface area contributed by atoms with E-state index in [0.29, 0.717) is 11.6 Å². The highest BCUT2D eigenvalue weighted by molar-refractivity contribution is 5.29. The Hall–Kier alpha value is -1.09. The van der Waals surface area contributed by atoms with Crippen LogP contribution in [0.2, 0.25) is 0 Å². The molecule has 14 heavy (non-hydrogen) atoms.